The van der Waals surface area contributed by atoms with Gasteiger partial charge in [-0.1, -0.05) is 42.5 Å². The van der Waals surface area contributed by atoms with Crippen LogP contribution in [0.2, 0.25) is 0 Å². The van der Waals surface area contributed by atoms with Gasteiger partial charge in [-0.2, -0.15) is 0 Å². The number of carbonyl (C=O) groups excluding carboxylic acids is 1. The highest BCUT2D eigenvalue weighted by Gasteiger charge is 2.36. The molecule has 6 heteroatoms. The maximum absolute atomic E-state index is 14.5. The third-order valence-electron chi connectivity index (χ3n) is 5.51. The number of nitrogens with zero attached hydrogens (tertiary/aromatic N) is 1. The van der Waals surface area contributed by atoms with Gasteiger partial charge in [-0.05, 0) is 30.5 Å². The predicted octanol–water partition coefficient (Wildman–Crippen LogP) is 2.87. The molecule has 3 rings (SSSR count). The molecule has 0 saturated carbocycles. The van der Waals surface area contributed by atoms with Crippen molar-refractivity contribution in [1.82, 2.24) is 4.90 Å². The molecule has 1 saturated heterocycles. The summed E-state index contributed by atoms with van der Waals surface area (Å²) in [5.41, 5.74) is 6.43. The molecule has 0 bridgehead atoms. The van der Waals surface area contributed by atoms with Crippen LogP contribution in [0.5, 0.6) is 5.75 Å². The van der Waals surface area contributed by atoms with Gasteiger partial charge in [-0.25, -0.2) is 4.39 Å². The molecule has 150 valence electrons. The highest BCUT2D eigenvalue weighted by molar-refractivity contribution is 5.99. The summed E-state index contributed by atoms with van der Waals surface area (Å²) in [6.07, 6.45) is -1.27. The first kappa shape index (κ1) is 20.5. The van der Waals surface area contributed by atoms with E-state index in [-0.39, 0.29) is 6.42 Å². The quantitative estimate of drug-likeness (QED) is 0.716. The minimum absolute atomic E-state index is 0.0608. The van der Waals surface area contributed by atoms with Gasteiger partial charge in [-0.15, -0.1) is 0 Å². The Labute approximate surface area is 164 Å². The van der Waals surface area contributed by atoms with E-state index in [1.807, 2.05) is 29.2 Å². The summed E-state index contributed by atoms with van der Waals surface area (Å²) in [5, 5.41) is 11.0. The van der Waals surface area contributed by atoms with Crippen LogP contribution >= 0.6 is 0 Å². The molecule has 2 aromatic rings. The Bertz CT molecular complexity index is 774. The molecule has 2 unspecified atom stereocenters. The second-order valence-electron chi connectivity index (χ2n) is 7.30. The van der Waals surface area contributed by atoms with Gasteiger partial charge < -0.3 is 15.6 Å². The van der Waals surface area contributed by atoms with E-state index in [1.54, 1.807) is 37.4 Å². The largest absolute Gasteiger partial charge is 0.497 e. The number of nitrogens with two attached hydrogens (primary N) is 1. The first-order valence-electron chi connectivity index (χ1n) is 9.53. The molecule has 2 atom stereocenters. The summed E-state index contributed by atoms with van der Waals surface area (Å²) < 4.78 is 19.6. The van der Waals surface area contributed by atoms with Gasteiger partial charge in [0, 0.05) is 25.1 Å². The maximum Gasteiger partial charge on any atom is 0.197 e. The predicted molar refractivity (Wildman–Crippen MR) is 106 cm³/mol. The van der Waals surface area contributed by atoms with Crippen molar-refractivity contribution in [2.45, 2.75) is 37.2 Å². The van der Waals surface area contributed by atoms with Crippen LogP contribution in [0, 0.1) is 0 Å². The lowest BCUT2D eigenvalue weighted by atomic mass is 9.84. The van der Waals surface area contributed by atoms with Crippen molar-refractivity contribution in [3.63, 3.8) is 0 Å². The Morgan fingerprint density at radius 1 is 1.18 bits per heavy atom. The Kier molecular flexibility index (Phi) is 6.44. The molecule has 0 aliphatic carbocycles. The number of rotatable bonds is 7. The number of hydrogen-bond donors (Lipinski definition) is 2. The smallest absolute Gasteiger partial charge is 0.197 e. The lowest BCUT2D eigenvalue weighted by Gasteiger charge is -2.41. The number of ether oxygens (including phenoxy) is 1. The minimum atomic E-state index is -1.64. The second kappa shape index (κ2) is 8.82. The molecule has 2 aromatic carbocycles. The van der Waals surface area contributed by atoms with E-state index in [2.05, 4.69) is 0 Å². The Balaban J connectivity index is 1.55. The molecule has 0 radical (unpaired) electrons. The molecule has 0 aromatic heterocycles. The number of aliphatic hydroxyl groups is 1. The SMILES string of the molecule is COc1ccc(C2(O)CCN(C(N)CC(F)C(=O)c3ccccc3)CC2)cc1. The van der Waals surface area contributed by atoms with Crippen LogP contribution in [0.4, 0.5) is 4.39 Å². The van der Waals surface area contributed by atoms with Crippen molar-refractivity contribution in [1.29, 1.82) is 0 Å². The van der Waals surface area contributed by atoms with Crippen LogP contribution < -0.4 is 10.5 Å². The third kappa shape index (κ3) is 4.58. The van der Waals surface area contributed by atoms with Crippen molar-refractivity contribution >= 4 is 5.78 Å². The molecule has 1 aliphatic rings. The molecule has 0 spiro atoms. The lowest BCUT2D eigenvalue weighted by Crippen LogP contribution is -2.51. The van der Waals surface area contributed by atoms with E-state index in [1.165, 1.54) is 0 Å². The molecule has 3 N–H and O–H groups in total. The molecule has 5 nitrogen and oxygen atoms in total. The molecular weight excluding hydrogens is 359 g/mol. The van der Waals surface area contributed by atoms with Gasteiger partial charge in [0.25, 0.3) is 0 Å². The first-order chi connectivity index (χ1) is 13.4. The monoisotopic (exact) mass is 386 g/mol. The summed E-state index contributed by atoms with van der Waals surface area (Å²) in [6, 6.07) is 15.8. The normalized spacial score (nSPS) is 19.0. The fraction of sp³-hybridized carbons (Fsp3) is 0.409. The molecule has 1 heterocycles. The average molecular weight is 386 g/mol. The van der Waals surface area contributed by atoms with Gasteiger partial charge in [0.2, 0.25) is 0 Å². The maximum atomic E-state index is 14.5. The van der Waals surface area contributed by atoms with E-state index < -0.39 is 23.7 Å². The first-order valence-corrected chi connectivity index (χ1v) is 9.53. The summed E-state index contributed by atoms with van der Waals surface area (Å²) >= 11 is 0. The van der Waals surface area contributed by atoms with E-state index >= 15 is 0 Å². The number of alkyl halides is 1. The van der Waals surface area contributed by atoms with E-state index in [4.69, 9.17) is 10.5 Å². The van der Waals surface area contributed by atoms with Gasteiger partial charge in [0.15, 0.2) is 12.0 Å². The Morgan fingerprint density at radius 2 is 1.79 bits per heavy atom. The van der Waals surface area contributed by atoms with Crippen molar-refractivity contribution in [2.75, 3.05) is 20.2 Å². The zero-order valence-corrected chi connectivity index (χ0v) is 16.1. The zero-order valence-electron chi connectivity index (χ0n) is 16.1. The number of methoxy groups -OCH3 is 1. The third-order valence-corrected chi connectivity index (χ3v) is 5.51. The van der Waals surface area contributed by atoms with Crippen LogP contribution in [-0.2, 0) is 5.60 Å². The number of piperidine rings is 1. The van der Waals surface area contributed by atoms with Gasteiger partial charge in [0.1, 0.15) is 5.75 Å². The van der Waals surface area contributed by atoms with Crippen LogP contribution in [0.15, 0.2) is 54.6 Å². The molecule has 28 heavy (non-hydrogen) atoms. The summed E-state index contributed by atoms with van der Waals surface area (Å²) in [4.78, 5) is 14.1. The number of halogens is 1. The fourth-order valence-electron chi connectivity index (χ4n) is 3.67. The zero-order chi connectivity index (χ0) is 20.1. The van der Waals surface area contributed by atoms with Crippen molar-refractivity contribution in [3.05, 3.63) is 65.7 Å². The van der Waals surface area contributed by atoms with E-state index in [0.29, 0.717) is 31.5 Å². The topological polar surface area (TPSA) is 75.8 Å². The number of likely N-dealkylation sites (tertiary alicyclic amines) is 1. The van der Waals surface area contributed by atoms with Crippen LogP contribution in [-0.4, -0.2) is 48.3 Å². The summed E-state index contributed by atoms with van der Waals surface area (Å²) in [7, 11) is 1.60. The number of Topliss-reactive ketones (excluding diaryl/α,β-unsaturated/α-hetero) is 1. The number of ketones is 1. The molecule has 1 fully saturated rings. The van der Waals surface area contributed by atoms with Gasteiger partial charge in [-0.3, -0.25) is 9.69 Å². The van der Waals surface area contributed by atoms with Crippen molar-refractivity contribution in [3.8, 4) is 5.75 Å². The summed E-state index contributed by atoms with van der Waals surface area (Å²) in [6.45, 7) is 1.08. The van der Waals surface area contributed by atoms with Gasteiger partial charge >= 0.3 is 0 Å². The standard InChI is InChI=1S/C22H27FN2O3/c1-28-18-9-7-17(8-10-18)22(27)11-13-25(14-12-22)20(24)15-19(23)21(26)16-5-3-2-4-6-16/h2-10,19-20,27H,11-15,24H2,1H3. The second-order valence-corrected chi connectivity index (χ2v) is 7.30. The average Bonchev–Trinajstić information content (AvgIpc) is 2.74. The van der Waals surface area contributed by atoms with Crippen molar-refractivity contribution in [2.24, 2.45) is 5.73 Å². The van der Waals surface area contributed by atoms with Gasteiger partial charge in [0.05, 0.1) is 18.9 Å². The Morgan fingerprint density at radius 3 is 2.36 bits per heavy atom. The number of carbonyl (C=O) groups is 1. The van der Waals surface area contributed by atoms with Crippen LogP contribution in [0.3, 0.4) is 0 Å². The molecule has 1 aliphatic heterocycles. The highest BCUT2D eigenvalue weighted by atomic mass is 19.1. The van der Waals surface area contributed by atoms with Crippen molar-refractivity contribution < 1.29 is 19.0 Å². The van der Waals surface area contributed by atoms with Crippen LogP contribution in [0.1, 0.15) is 35.2 Å². The Hall–Kier alpha value is -2.28. The molecule has 0 amide bonds. The van der Waals surface area contributed by atoms with Crippen LogP contribution in [0.25, 0.3) is 0 Å². The van der Waals surface area contributed by atoms with E-state index in [9.17, 15) is 14.3 Å². The number of benzene rings is 2. The number of hydrogen-bond acceptors (Lipinski definition) is 5. The highest BCUT2D eigenvalue weighted by Crippen LogP contribution is 2.34. The molecular formula is C22H27FN2O3. The fourth-order valence-corrected chi connectivity index (χ4v) is 3.67. The van der Waals surface area contributed by atoms with E-state index in [0.717, 1.165) is 11.3 Å². The lowest BCUT2D eigenvalue weighted by molar-refractivity contribution is -0.0374. The summed E-state index contributed by atoms with van der Waals surface area (Å²) in [5.74, 6) is 0.201. The minimum Gasteiger partial charge on any atom is -0.497 e.